The van der Waals surface area contributed by atoms with Crippen LogP contribution in [-0.4, -0.2) is 51.8 Å². The number of aliphatic hydroxyl groups is 1. The highest BCUT2D eigenvalue weighted by Gasteiger charge is 2.12. The lowest BCUT2D eigenvalue weighted by Crippen LogP contribution is -2.36. The molecule has 7 nitrogen and oxygen atoms in total. The fourth-order valence-electron chi connectivity index (χ4n) is 1.35. The summed E-state index contributed by atoms with van der Waals surface area (Å²) in [4.78, 5) is 27.6. The Balaban J connectivity index is 2.74. The molecule has 0 saturated carbocycles. The van der Waals surface area contributed by atoms with Crippen molar-refractivity contribution in [1.29, 1.82) is 0 Å². The van der Waals surface area contributed by atoms with Crippen molar-refractivity contribution in [3.63, 3.8) is 0 Å². The van der Waals surface area contributed by atoms with E-state index in [1.165, 1.54) is 23.4 Å². The lowest BCUT2D eigenvalue weighted by molar-refractivity contribution is 0.0696. The van der Waals surface area contributed by atoms with Gasteiger partial charge in [0, 0.05) is 19.3 Å². The highest BCUT2D eigenvalue weighted by Crippen LogP contribution is 2.09. The summed E-state index contributed by atoms with van der Waals surface area (Å²) in [5.41, 5.74) is 0.300. The number of aromatic carboxylic acids is 1. The molecular formula is C11H15N3O4. The first-order valence-corrected chi connectivity index (χ1v) is 5.43. The number of aliphatic hydroxyl groups excluding tert-OH is 1. The Morgan fingerprint density at radius 3 is 2.72 bits per heavy atom. The van der Waals surface area contributed by atoms with Gasteiger partial charge in [-0.25, -0.2) is 9.59 Å². The first-order chi connectivity index (χ1) is 8.58. The number of carbonyl (C=O) groups excluding carboxylic acids is 1. The normalized spacial score (nSPS) is 9.89. The van der Waals surface area contributed by atoms with Crippen LogP contribution in [0.15, 0.2) is 18.5 Å². The van der Waals surface area contributed by atoms with Crippen molar-refractivity contribution in [1.82, 2.24) is 9.88 Å². The first kappa shape index (κ1) is 13.9. The highest BCUT2D eigenvalue weighted by molar-refractivity contribution is 5.92. The minimum atomic E-state index is -1.11. The molecule has 0 fully saturated rings. The number of urea groups is 1. The molecule has 0 unspecified atom stereocenters. The number of nitrogens with zero attached hydrogens (tertiary/aromatic N) is 2. The van der Waals surface area contributed by atoms with Crippen LogP contribution in [0.5, 0.6) is 0 Å². The molecule has 0 atom stereocenters. The van der Waals surface area contributed by atoms with Crippen LogP contribution in [0.1, 0.15) is 17.3 Å². The average molecular weight is 253 g/mol. The summed E-state index contributed by atoms with van der Waals surface area (Å²) in [6.45, 7) is 2.31. The van der Waals surface area contributed by atoms with Crippen molar-refractivity contribution >= 4 is 17.7 Å². The van der Waals surface area contributed by atoms with Gasteiger partial charge in [-0.1, -0.05) is 0 Å². The molecule has 0 aromatic carbocycles. The lowest BCUT2D eigenvalue weighted by atomic mass is 10.2. The molecule has 98 valence electrons. The second-order valence-corrected chi connectivity index (χ2v) is 3.50. The molecule has 1 heterocycles. The fourth-order valence-corrected chi connectivity index (χ4v) is 1.35. The Hall–Kier alpha value is -2.15. The molecule has 0 aliphatic carbocycles. The van der Waals surface area contributed by atoms with Crippen molar-refractivity contribution in [3.05, 3.63) is 24.0 Å². The second kappa shape index (κ2) is 6.55. The van der Waals surface area contributed by atoms with E-state index in [2.05, 4.69) is 10.3 Å². The van der Waals surface area contributed by atoms with Gasteiger partial charge in [-0.2, -0.15) is 0 Å². The Morgan fingerprint density at radius 1 is 1.44 bits per heavy atom. The van der Waals surface area contributed by atoms with E-state index in [0.717, 1.165) is 0 Å². The Morgan fingerprint density at radius 2 is 2.17 bits per heavy atom. The third-order valence-electron chi connectivity index (χ3n) is 2.28. The van der Waals surface area contributed by atoms with Crippen LogP contribution in [0, 0.1) is 0 Å². The predicted molar refractivity (Wildman–Crippen MR) is 64.5 cm³/mol. The van der Waals surface area contributed by atoms with Crippen molar-refractivity contribution in [2.75, 3.05) is 25.0 Å². The van der Waals surface area contributed by atoms with E-state index in [1.54, 1.807) is 6.92 Å². The third-order valence-corrected chi connectivity index (χ3v) is 2.28. The second-order valence-electron chi connectivity index (χ2n) is 3.50. The van der Waals surface area contributed by atoms with Crippen LogP contribution >= 0.6 is 0 Å². The summed E-state index contributed by atoms with van der Waals surface area (Å²) in [7, 11) is 0. The van der Waals surface area contributed by atoms with E-state index < -0.39 is 12.0 Å². The van der Waals surface area contributed by atoms with Gasteiger partial charge in [0.15, 0.2) is 0 Å². The Kier molecular flexibility index (Phi) is 5.06. The number of nitrogens with one attached hydrogen (secondary N) is 1. The lowest BCUT2D eigenvalue weighted by Gasteiger charge is -2.20. The molecule has 0 saturated heterocycles. The van der Waals surface area contributed by atoms with Gasteiger partial charge in [-0.3, -0.25) is 4.98 Å². The number of carbonyl (C=O) groups is 2. The average Bonchev–Trinajstić information content (AvgIpc) is 2.36. The smallest absolute Gasteiger partial charge is 0.337 e. The van der Waals surface area contributed by atoms with Gasteiger partial charge < -0.3 is 20.4 Å². The van der Waals surface area contributed by atoms with Crippen LogP contribution in [0.4, 0.5) is 10.5 Å². The fraction of sp³-hybridized carbons (Fsp3) is 0.364. The number of likely N-dealkylation sites (N-methyl/N-ethyl adjacent to an activating group) is 1. The van der Waals surface area contributed by atoms with Crippen molar-refractivity contribution in [3.8, 4) is 0 Å². The van der Waals surface area contributed by atoms with E-state index in [9.17, 15) is 9.59 Å². The molecule has 18 heavy (non-hydrogen) atoms. The summed E-state index contributed by atoms with van der Waals surface area (Å²) in [6.07, 6.45) is 2.56. The molecule has 0 aliphatic rings. The number of rotatable bonds is 5. The predicted octanol–water partition coefficient (Wildman–Crippen LogP) is 0.626. The number of anilines is 1. The summed E-state index contributed by atoms with van der Waals surface area (Å²) in [5.74, 6) is -1.11. The number of amides is 2. The topological polar surface area (TPSA) is 103 Å². The summed E-state index contributed by atoms with van der Waals surface area (Å²) in [6, 6.07) is 0.913. The van der Waals surface area contributed by atoms with E-state index in [-0.39, 0.29) is 18.7 Å². The summed E-state index contributed by atoms with van der Waals surface area (Å²) < 4.78 is 0. The number of pyridine rings is 1. The number of carboxylic acids is 1. The van der Waals surface area contributed by atoms with Crippen LogP contribution in [0.3, 0.4) is 0 Å². The van der Waals surface area contributed by atoms with Crippen LogP contribution in [0.2, 0.25) is 0 Å². The largest absolute Gasteiger partial charge is 0.478 e. The quantitative estimate of drug-likeness (QED) is 0.714. The van der Waals surface area contributed by atoms with Gasteiger partial charge in [0.05, 0.1) is 24.1 Å². The van der Waals surface area contributed by atoms with Gasteiger partial charge >= 0.3 is 12.0 Å². The number of carboxylic acid groups (broad SMARTS) is 1. The van der Waals surface area contributed by atoms with E-state index in [1.807, 2.05) is 0 Å². The Labute approximate surface area is 104 Å². The number of hydrogen-bond acceptors (Lipinski definition) is 4. The maximum absolute atomic E-state index is 11.7. The van der Waals surface area contributed by atoms with Crippen LogP contribution in [-0.2, 0) is 0 Å². The van der Waals surface area contributed by atoms with Crippen molar-refractivity contribution < 1.29 is 19.8 Å². The van der Waals surface area contributed by atoms with Gasteiger partial charge in [-0.05, 0) is 13.0 Å². The molecule has 1 rings (SSSR count). The standard InChI is InChI=1S/C11H15N3O4/c1-2-14(3-4-15)11(18)13-9-5-8(10(16)17)6-12-7-9/h5-7,15H,2-4H2,1H3,(H,13,18)(H,16,17). The number of hydrogen-bond donors (Lipinski definition) is 3. The zero-order valence-corrected chi connectivity index (χ0v) is 9.96. The molecule has 3 N–H and O–H groups in total. The zero-order chi connectivity index (χ0) is 13.5. The number of aromatic nitrogens is 1. The van der Waals surface area contributed by atoms with Gasteiger partial charge in [0.25, 0.3) is 0 Å². The van der Waals surface area contributed by atoms with E-state index in [0.29, 0.717) is 12.2 Å². The van der Waals surface area contributed by atoms with Gasteiger partial charge in [0.1, 0.15) is 0 Å². The maximum atomic E-state index is 11.7. The molecule has 0 aliphatic heterocycles. The molecule has 0 radical (unpaired) electrons. The highest BCUT2D eigenvalue weighted by atomic mass is 16.4. The molecule has 2 amide bonds. The molecule has 0 bridgehead atoms. The monoisotopic (exact) mass is 253 g/mol. The van der Waals surface area contributed by atoms with Gasteiger partial charge in [-0.15, -0.1) is 0 Å². The van der Waals surface area contributed by atoms with Crippen molar-refractivity contribution in [2.24, 2.45) is 0 Å². The van der Waals surface area contributed by atoms with E-state index >= 15 is 0 Å². The third kappa shape index (κ3) is 3.70. The molecule has 7 heteroatoms. The van der Waals surface area contributed by atoms with Crippen LogP contribution < -0.4 is 5.32 Å². The van der Waals surface area contributed by atoms with Crippen LogP contribution in [0.25, 0.3) is 0 Å². The SMILES string of the molecule is CCN(CCO)C(=O)Nc1cncc(C(=O)O)c1. The summed E-state index contributed by atoms with van der Waals surface area (Å²) >= 11 is 0. The minimum Gasteiger partial charge on any atom is -0.478 e. The molecule has 0 spiro atoms. The molecule has 1 aromatic rings. The van der Waals surface area contributed by atoms with Gasteiger partial charge in [0.2, 0.25) is 0 Å². The maximum Gasteiger partial charge on any atom is 0.337 e. The Bertz CT molecular complexity index is 436. The minimum absolute atomic E-state index is 0.00185. The first-order valence-electron chi connectivity index (χ1n) is 5.43. The van der Waals surface area contributed by atoms with E-state index in [4.69, 9.17) is 10.2 Å². The van der Waals surface area contributed by atoms with Crippen molar-refractivity contribution in [2.45, 2.75) is 6.92 Å². The zero-order valence-electron chi connectivity index (χ0n) is 9.96. The summed E-state index contributed by atoms with van der Waals surface area (Å²) in [5, 5.41) is 20.1. The molecule has 1 aromatic heterocycles. The molecular weight excluding hydrogens is 238 g/mol.